The summed E-state index contributed by atoms with van der Waals surface area (Å²) >= 11 is 11.7. The van der Waals surface area contributed by atoms with Gasteiger partial charge in [-0.15, -0.1) is 0 Å². The van der Waals surface area contributed by atoms with Crippen molar-refractivity contribution in [2.45, 2.75) is 25.7 Å². The molecule has 0 aromatic heterocycles. The van der Waals surface area contributed by atoms with Crippen molar-refractivity contribution < 1.29 is 4.79 Å². The molecule has 2 aromatic carbocycles. The van der Waals surface area contributed by atoms with Crippen molar-refractivity contribution in [3.63, 3.8) is 0 Å². The quantitative estimate of drug-likeness (QED) is 0.173. The summed E-state index contributed by atoms with van der Waals surface area (Å²) in [7, 11) is 0. The average Bonchev–Trinajstić information content (AvgIpc) is 2.78. The standard InChI is InChI=1S/C22H29Cl2N9O/c23-15-5-9-17(10-6-15)30-20(26)32-19(25)28-13-3-1-2-4-14-29-22(34)33-21(27)31-18-11-7-16(24)8-12-18/h5-12H,1-4,13-14H2,(H5,25,26,28,30,32)(H4,27,29,31,33,34). The zero-order valence-electron chi connectivity index (χ0n) is 18.6. The lowest BCUT2D eigenvalue weighted by molar-refractivity contribution is 0.245. The summed E-state index contributed by atoms with van der Waals surface area (Å²) in [5, 5.41) is 9.35. The molecule has 0 saturated heterocycles. The van der Waals surface area contributed by atoms with Gasteiger partial charge in [-0.05, 0) is 61.4 Å². The van der Waals surface area contributed by atoms with Crippen molar-refractivity contribution in [3.05, 3.63) is 58.6 Å². The van der Waals surface area contributed by atoms with Crippen molar-refractivity contribution in [1.29, 1.82) is 0 Å². The molecule has 0 saturated carbocycles. The van der Waals surface area contributed by atoms with E-state index < -0.39 is 6.03 Å². The molecular weight excluding hydrogens is 477 g/mol. The van der Waals surface area contributed by atoms with Gasteiger partial charge in [0.2, 0.25) is 17.9 Å². The van der Waals surface area contributed by atoms with Crippen LogP contribution in [0, 0.1) is 0 Å². The number of halogens is 2. The fourth-order valence-corrected chi connectivity index (χ4v) is 2.95. The maximum absolute atomic E-state index is 11.9. The topological polar surface area (TPSA) is 168 Å². The Hall–Kier alpha value is -3.50. The van der Waals surface area contributed by atoms with E-state index in [0.29, 0.717) is 28.8 Å². The van der Waals surface area contributed by atoms with Crippen molar-refractivity contribution >= 4 is 58.5 Å². The van der Waals surface area contributed by atoms with Gasteiger partial charge in [-0.25, -0.2) is 9.79 Å². The largest absolute Gasteiger partial charge is 0.369 e. The molecule has 0 bridgehead atoms. The predicted molar refractivity (Wildman–Crippen MR) is 141 cm³/mol. The summed E-state index contributed by atoms with van der Waals surface area (Å²) in [4.78, 5) is 24.1. The maximum Gasteiger partial charge on any atom is 0.321 e. The van der Waals surface area contributed by atoms with Crippen molar-refractivity contribution in [3.8, 4) is 0 Å². The molecule has 10 nitrogen and oxygen atoms in total. The van der Waals surface area contributed by atoms with E-state index in [9.17, 15) is 4.79 Å². The third-order valence-electron chi connectivity index (χ3n) is 4.31. The van der Waals surface area contributed by atoms with Gasteiger partial charge in [-0.3, -0.25) is 10.3 Å². The Kier molecular flexibility index (Phi) is 11.5. The minimum Gasteiger partial charge on any atom is -0.369 e. The number of rotatable bonds is 9. The van der Waals surface area contributed by atoms with E-state index in [2.05, 4.69) is 30.9 Å². The Labute approximate surface area is 208 Å². The van der Waals surface area contributed by atoms with Crippen molar-refractivity contribution in [2.75, 3.05) is 18.4 Å². The molecule has 0 aliphatic carbocycles. The highest BCUT2D eigenvalue weighted by Crippen LogP contribution is 2.15. The van der Waals surface area contributed by atoms with Gasteiger partial charge in [0, 0.05) is 28.8 Å². The van der Waals surface area contributed by atoms with Gasteiger partial charge in [0.05, 0.1) is 5.69 Å². The number of carbonyl (C=O) groups is 1. The summed E-state index contributed by atoms with van der Waals surface area (Å²) in [6.07, 6.45) is 3.51. The number of carbonyl (C=O) groups excluding carboxylic acids is 1. The van der Waals surface area contributed by atoms with E-state index in [1.165, 1.54) is 0 Å². The molecule has 182 valence electrons. The van der Waals surface area contributed by atoms with Crippen LogP contribution >= 0.6 is 23.2 Å². The van der Waals surface area contributed by atoms with Crippen LogP contribution < -0.4 is 33.2 Å². The Balaban J connectivity index is 1.55. The smallest absolute Gasteiger partial charge is 0.321 e. The molecule has 0 radical (unpaired) electrons. The summed E-state index contributed by atoms with van der Waals surface area (Å²) in [6.45, 7) is 1.05. The maximum atomic E-state index is 11.9. The molecule has 34 heavy (non-hydrogen) atoms. The first-order valence-electron chi connectivity index (χ1n) is 10.6. The number of guanidine groups is 3. The number of hydrogen-bond donors (Lipinski definition) is 6. The minimum atomic E-state index is -0.407. The molecule has 2 rings (SSSR count). The van der Waals surface area contributed by atoms with Gasteiger partial charge < -0.3 is 27.8 Å². The van der Waals surface area contributed by atoms with Gasteiger partial charge >= 0.3 is 6.03 Å². The third-order valence-corrected chi connectivity index (χ3v) is 4.82. The fourth-order valence-electron chi connectivity index (χ4n) is 2.70. The predicted octanol–water partition coefficient (Wildman–Crippen LogP) is 3.54. The van der Waals surface area contributed by atoms with E-state index in [4.69, 9.17) is 40.4 Å². The first-order chi connectivity index (χ1) is 16.3. The lowest BCUT2D eigenvalue weighted by atomic mass is 10.2. The van der Waals surface area contributed by atoms with Gasteiger partial charge in [0.25, 0.3) is 0 Å². The van der Waals surface area contributed by atoms with E-state index in [-0.39, 0.29) is 17.9 Å². The highest BCUT2D eigenvalue weighted by molar-refractivity contribution is 6.30. The normalized spacial score (nSPS) is 12.4. The van der Waals surface area contributed by atoms with Gasteiger partial charge in [-0.2, -0.15) is 4.99 Å². The number of hydrogen-bond acceptors (Lipinski definition) is 3. The molecule has 0 aliphatic rings. The number of urea groups is 1. The molecule has 2 amide bonds. The molecule has 0 unspecified atom stereocenters. The SMILES string of the molecule is NC(=NCCCCCCNC(=O)NC(N)=Nc1ccc(Cl)cc1)N=C(N)Nc1ccc(Cl)cc1. The second-order valence-electron chi connectivity index (χ2n) is 7.14. The van der Waals surface area contributed by atoms with Crippen LogP contribution in [0.15, 0.2) is 63.5 Å². The lowest BCUT2D eigenvalue weighted by Gasteiger charge is -2.07. The van der Waals surface area contributed by atoms with Crippen molar-refractivity contribution in [2.24, 2.45) is 32.2 Å². The highest BCUT2D eigenvalue weighted by atomic mass is 35.5. The van der Waals surface area contributed by atoms with Crippen LogP contribution in [0.4, 0.5) is 16.2 Å². The number of nitrogens with zero attached hydrogens (tertiary/aromatic N) is 3. The number of unbranched alkanes of at least 4 members (excludes halogenated alkanes) is 3. The highest BCUT2D eigenvalue weighted by Gasteiger charge is 2.02. The van der Waals surface area contributed by atoms with Crippen LogP contribution in [0.1, 0.15) is 25.7 Å². The first kappa shape index (κ1) is 26.7. The number of aliphatic imine (C=N–C) groups is 3. The number of benzene rings is 2. The first-order valence-corrected chi connectivity index (χ1v) is 11.4. The van der Waals surface area contributed by atoms with Crippen LogP contribution in [-0.2, 0) is 0 Å². The van der Waals surface area contributed by atoms with Crippen molar-refractivity contribution in [1.82, 2.24) is 10.6 Å². The molecule has 2 aromatic rings. The number of anilines is 1. The average molecular weight is 506 g/mol. The zero-order chi connectivity index (χ0) is 24.8. The molecule has 12 heteroatoms. The zero-order valence-corrected chi connectivity index (χ0v) is 20.1. The number of amides is 2. The summed E-state index contributed by atoms with van der Waals surface area (Å²) in [5.41, 5.74) is 18.7. The summed E-state index contributed by atoms with van der Waals surface area (Å²) < 4.78 is 0. The third kappa shape index (κ3) is 11.4. The molecule has 0 fully saturated rings. The van der Waals surface area contributed by atoms with E-state index in [1.807, 2.05) is 0 Å². The second kappa shape index (κ2) is 14.6. The Morgan fingerprint density at radius 2 is 1.44 bits per heavy atom. The summed E-state index contributed by atoms with van der Waals surface area (Å²) in [6, 6.07) is 13.4. The minimum absolute atomic E-state index is 0.00179. The van der Waals surface area contributed by atoms with Gasteiger partial charge in [0.15, 0.2) is 0 Å². The molecule has 9 N–H and O–H groups in total. The second-order valence-corrected chi connectivity index (χ2v) is 8.01. The van der Waals surface area contributed by atoms with Crippen LogP contribution in [0.25, 0.3) is 0 Å². The summed E-state index contributed by atoms with van der Waals surface area (Å²) in [5.74, 6) is 0.254. The van der Waals surface area contributed by atoms with E-state index >= 15 is 0 Å². The van der Waals surface area contributed by atoms with Crippen LogP contribution in [-0.4, -0.2) is 37.0 Å². The van der Waals surface area contributed by atoms with E-state index in [1.54, 1.807) is 48.5 Å². The molecule has 0 aliphatic heterocycles. The molecular formula is C22H29Cl2N9O. The van der Waals surface area contributed by atoms with Gasteiger partial charge in [0.1, 0.15) is 0 Å². The van der Waals surface area contributed by atoms with Gasteiger partial charge in [-0.1, -0.05) is 36.0 Å². The monoisotopic (exact) mass is 505 g/mol. The van der Waals surface area contributed by atoms with Crippen LogP contribution in [0.3, 0.4) is 0 Å². The fraction of sp³-hybridized carbons (Fsp3) is 0.273. The Bertz CT molecular complexity index is 1010. The number of nitrogens with two attached hydrogens (primary N) is 3. The molecule has 0 heterocycles. The Morgan fingerprint density at radius 1 is 0.824 bits per heavy atom. The molecule has 0 atom stereocenters. The Morgan fingerprint density at radius 3 is 2.12 bits per heavy atom. The lowest BCUT2D eigenvalue weighted by Crippen LogP contribution is -2.43. The number of nitrogens with one attached hydrogen (secondary N) is 3. The van der Waals surface area contributed by atoms with E-state index in [0.717, 1.165) is 31.4 Å². The van der Waals surface area contributed by atoms with Crippen LogP contribution in [0.2, 0.25) is 10.0 Å². The molecule has 0 spiro atoms. The van der Waals surface area contributed by atoms with Crippen LogP contribution in [0.5, 0.6) is 0 Å².